The Kier molecular flexibility index (Phi) is 4.80. The second-order valence-corrected chi connectivity index (χ2v) is 8.40. The van der Waals surface area contributed by atoms with Gasteiger partial charge in [-0.05, 0) is 17.7 Å². The van der Waals surface area contributed by atoms with Gasteiger partial charge >= 0.3 is 0 Å². The molecule has 1 N–H and O–H groups in total. The van der Waals surface area contributed by atoms with Crippen molar-refractivity contribution in [1.29, 1.82) is 0 Å². The van der Waals surface area contributed by atoms with Gasteiger partial charge in [-0.15, -0.1) is 0 Å². The number of amides is 1. The van der Waals surface area contributed by atoms with Crippen molar-refractivity contribution >= 4 is 15.7 Å². The molecule has 0 saturated carbocycles. The molecule has 1 aliphatic rings. The maximum absolute atomic E-state index is 12.5. The molecule has 134 valence electrons. The van der Waals surface area contributed by atoms with Gasteiger partial charge in [-0.1, -0.05) is 19.1 Å². The molecule has 8 heteroatoms. The van der Waals surface area contributed by atoms with Gasteiger partial charge in [-0.3, -0.25) is 4.79 Å². The standard InChI is InChI=1S/C17H21N3O4S/c1-3-25(22,23)10-16(21)20-8-14(17-15(9-20)18-11-19-17)12-5-4-6-13(7-12)24-2/h4-7,11,14H,3,8-10H2,1-2H3,(H,18,19). The molecule has 2 heterocycles. The van der Waals surface area contributed by atoms with E-state index >= 15 is 0 Å². The first-order valence-electron chi connectivity index (χ1n) is 8.07. The van der Waals surface area contributed by atoms with E-state index in [1.165, 1.54) is 0 Å². The number of nitrogens with one attached hydrogen (secondary N) is 1. The van der Waals surface area contributed by atoms with Crippen LogP contribution in [0.25, 0.3) is 0 Å². The number of fused-ring (bicyclic) bond motifs is 1. The van der Waals surface area contributed by atoms with E-state index in [9.17, 15) is 13.2 Å². The van der Waals surface area contributed by atoms with Crippen molar-refractivity contribution in [2.75, 3.05) is 25.2 Å². The molecule has 0 fully saturated rings. The molecule has 1 unspecified atom stereocenters. The van der Waals surface area contributed by atoms with Crippen LogP contribution in [0, 0.1) is 0 Å². The SMILES string of the molecule is CCS(=O)(=O)CC(=O)N1Cc2[nH]cnc2C(c2cccc(OC)c2)C1. The summed E-state index contributed by atoms with van der Waals surface area (Å²) in [5.41, 5.74) is 2.69. The average molecular weight is 363 g/mol. The van der Waals surface area contributed by atoms with Crippen molar-refractivity contribution < 1.29 is 17.9 Å². The molecule has 1 amide bonds. The minimum Gasteiger partial charge on any atom is -0.497 e. The molecule has 2 aromatic rings. The zero-order valence-corrected chi connectivity index (χ0v) is 15.0. The number of carbonyl (C=O) groups excluding carboxylic acids is 1. The maximum atomic E-state index is 12.5. The number of methoxy groups -OCH3 is 1. The van der Waals surface area contributed by atoms with E-state index in [1.54, 1.807) is 25.3 Å². The fourth-order valence-electron chi connectivity index (χ4n) is 3.01. The lowest BCUT2D eigenvalue weighted by atomic mass is 9.91. The van der Waals surface area contributed by atoms with Crippen LogP contribution in [-0.4, -0.2) is 54.4 Å². The summed E-state index contributed by atoms with van der Waals surface area (Å²) >= 11 is 0. The summed E-state index contributed by atoms with van der Waals surface area (Å²) in [5.74, 6) is -0.279. The third-order valence-electron chi connectivity index (χ3n) is 4.47. The van der Waals surface area contributed by atoms with E-state index < -0.39 is 15.6 Å². The zero-order chi connectivity index (χ0) is 18.0. The normalized spacial score (nSPS) is 17.2. The lowest BCUT2D eigenvalue weighted by Crippen LogP contribution is -2.41. The van der Waals surface area contributed by atoms with Crippen LogP contribution in [0.5, 0.6) is 5.75 Å². The Hall–Kier alpha value is -2.35. The second-order valence-electron chi connectivity index (χ2n) is 6.05. The van der Waals surface area contributed by atoms with Crippen molar-refractivity contribution in [2.45, 2.75) is 19.4 Å². The van der Waals surface area contributed by atoms with E-state index in [2.05, 4.69) is 9.97 Å². The molecule has 0 radical (unpaired) electrons. The third-order valence-corrected chi connectivity index (χ3v) is 6.03. The number of benzene rings is 1. The minimum atomic E-state index is -3.36. The number of H-pyrrole nitrogens is 1. The molecule has 0 aliphatic carbocycles. The van der Waals surface area contributed by atoms with E-state index in [0.29, 0.717) is 13.1 Å². The average Bonchev–Trinajstić information content (AvgIpc) is 3.09. The molecule has 0 bridgehead atoms. The molecular weight excluding hydrogens is 342 g/mol. The summed E-state index contributed by atoms with van der Waals surface area (Å²) in [5, 5.41) is 0. The van der Waals surface area contributed by atoms with Gasteiger partial charge in [0.25, 0.3) is 0 Å². The fourth-order valence-corrected chi connectivity index (χ4v) is 3.78. The highest BCUT2D eigenvalue weighted by molar-refractivity contribution is 7.92. The van der Waals surface area contributed by atoms with Crippen LogP contribution >= 0.6 is 0 Å². The summed E-state index contributed by atoms with van der Waals surface area (Å²) in [6.07, 6.45) is 1.61. The van der Waals surface area contributed by atoms with Gasteiger partial charge < -0.3 is 14.6 Å². The highest BCUT2D eigenvalue weighted by Crippen LogP contribution is 2.33. The van der Waals surface area contributed by atoms with Crippen LogP contribution in [0.3, 0.4) is 0 Å². The maximum Gasteiger partial charge on any atom is 0.238 e. The van der Waals surface area contributed by atoms with Gasteiger partial charge in [-0.25, -0.2) is 13.4 Å². The van der Waals surface area contributed by atoms with E-state index in [0.717, 1.165) is 22.7 Å². The first-order chi connectivity index (χ1) is 11.9. The number of sulfone groups is 1. The van der Waals surface area contributed by atoms with Crippen molar-refractivity contribution in [3.8, 4) is 5.75 Å². The van der Waals surface area contributed by atoms with Crippen LogP contribution in [0.1, 0.15) is 29.8 Å². The van der Waals surface area contributed by atoms with E-state index in [4.69, 9.17) is 4.74 Å². The van der Waals surface area contributed by atoms with Crippen LogP contribution in [0.4, 0.5) is 0 Å². The number of rotatable bonds is 5. The number of imidazole rings is 1. The Bertz CT molecular complexity index is 876. The molecule has 1 aromatic heterocycles. The summed E-state index contributed by atoms with van der Waals surface area (Å²) in [7, 11) is -1.76. The van der Waals surface area contributed by atoms with Gasteiger partial charge in [-0.2, -0.15) is 0 Å². The second kappa shape index (κ2) is 6.87. The largest absolute Gasteiger partial charge is 0.497 e. The number of aromatic amines is 1. The number of hydrogen-bond acceptors (Lipinski definition) is 5. The van der Waals surface area contributed by atoms with Crippen LogP contribution < -0.4 is 4.74 Å². The Balaban J connectivity index is 1.90. The number of ether oxygens (including phenoxy) is 1. The van der Waals surface area contributed by atoms with Crippen molar-refractivity contribution in [1.82, 2.24) is 14.9 Å². The number of nitrogens with zero attached hydrogens (tertiary/aromatic N) is 2. The summed E-state index contributed by atoms with van der Waals surface area (Å²) in [6, 6.07) is 7.62. The van der Waals surface area contributed by atoms with Crippen LogP contribution in [0.15, 0.2) is 30.6 Å². The van der Waals surface area contributed by atoms with Crippen LogP contribution in [-0.2, 0) is 21.2 Å². The molecule has 1 aliphatic heterocycles. The highest BCUT2D eigenvalue weighted by Gasteiger charge is 2.32. The lowest BCUT2D eigenvalue weighted by Gasteiger charge is -2.32. The number of aromatic nitrogens is 2. The first kappa shape index (κ1) is 17.5. The fraction of sp³-hybridized carbons (Fsp3) is 0.412. The quantitative estimate of drug-likeness (QED) is 0.865. The molecule has 25 heavy (non-hydrogen) atoms. The molecule has 7 nitrogen and oxygen atoms in total. The monoisotopic (exact) mass is 363 g/mol. The van der Waals surface area contributed by atoms with Crippen LogP contribution in [0.2, 0.25) is 0 Å². The van der Waals surface area contributed by atoms with Gasteiger partial charge in [0.1, 0.15) is 11.5 Å². The Morgan fingerprint density at radius 1 is 1.44 bits per heavy atom. The van der Waals surface area contributed by atoms with Crippen molar-refractivity contribution in [2.24, 2.45) is 0 Å². The first-order valence-corrected chi connectivity index (χ1v) is 9.90. The molecule has 3 rings (SSSR count). The van der Waals surface area contributed by atoms with Crippen molar-refractivity contribution in [3.05, 3.63) is 47.5 Å². The predicted octanol–water partition coefficient (Wildman–Crippen LogP) is 1.33. The van der Waals surface area contributed by atoms with E-state index in [1.807, 2.05) is 24.3 Å². The Morgan fingerprint density at radius 3 is 2.96 bits per heavy atom. The van der Waals surface area contributed by atoms with Crippen molar-refractivity contribution in [3.63, 3.8) is 0 Å². The zero-order valence-electron chi connectivity index (χ0n) is 14.2. The molecule has 0 spiro atoms. The van der Waals surface area contributed by atoms with Gasteiger partial charge in [0.15, 0.2) is 9.84 Å². The highest BCUT2D eigenvalue weighted by atomic mass is 32.2. The molecule has 1 aromatic carbocycles. The lowest BCUT2D eigenvalue weighted by molar-refractivity contribution is -0.129. The summed E-state index contributed by atoms with van der Waals surface area (Å²) in [6.45, 7) is 2.28. The molecular formula is C17H21N3O4S. The number of hydrogen-bond donors (Lipinski definition) is 1. The molecule has 1 atom stereocenters. The Labute approximate surface area is 146 Å². The topological polar surface area (TPSA) is 92.4 Å². The molecule has 0 saturated heterocycles. The smallest absolute Gasteiger partial charge is 0.238 e. The third kappa shape index (κ3) is 3.68. The van der Waals surface area contributed by atoms with E-state index in [-0.39, 0.29) is 17.6 Å². The number of carbonyl (C=O) groups is 1. The summed E-state index contributed by atoms with van der Waals surface area (Å²) < 4.78 is 28.9. The minimum absolute atomic E-state index is 0.0405. The van der Waals surface area contributed by atoms with Gasteiger partial charge in [0, 0.05) is 18.2 Å². The predicted molar refractivity (Wildman–Crippen MR) is 93.2 cm³/mol. The van der Waals surface area contributed by atoms with Gasteiger partial charge in [0.05, 0.1) is 31.4 Å². The van der Waals surface area contributed by atoms with Gasteiger partial charge in [0.2, 0.25) is 5.91 Å². The summed E-state index contributed by atoms with van der Waals surface area (Å²) in [4.78, 5) is 21.5. The Morgan fingerprint density at radius 2 is 2.24 bits per heavy atom.